The van der Waals surface area contributed by atoms with Gasteiger partial charge in [-0.25, -0.2) is 9.78 Å². The molecule has 0 unspecified atom stereocenters. The monoisotopic (exact) mass is 337 g/mol. The average molecular weight is 337 g/mol. The Labute approximate surface area is 135 Å². The van der Waals surface area contributed by atoms with E-state index < -0.39 is 18.3 Å². The van der Waals surface area contributed by atoms with Crippen LogP contribution in [0.2, 0.25) is 0 Å². The molecule has 1 heterocycles. The fourth-order valence-electron chi connectivity index (χ4n) is 1.76. The number of Topliss-reactive ketones (excluding diaryl/α,β-unsaturated/α-hetero) is 1. The maximum atomic E-state index is 12.4. The molecule has 1 aromatic carbocycles. The largest absolute Gasteiger partial charge is 0.454 e. The molecule has 4 nitrogen and oxygen atoms in total. The smallest absolute Gasteiger partial charge is 0.341 e. The van der Waals surface area contributed by atoms with E-state index in [2.05, 4.69) is 4.98 Å². The maximum absolute atomic E-state index is 12.4. The normalized spacial score (nSPS) is 10.6. The number of hydrogen-bond acceptors (Lipinski definition) is 5. The number of halogens is 2. The van der Waals surface area contributed by atoms with Gasteiger partial charge in [0.2, 0.25) is 0 Å². The lowest BCUT2D eigenvalue weighted by molar-refractivity contribution is 0.0470. The summed E-state index contributed by atoms with van der Waals surface area (Å²) >= 11 is 0.155. The minimum atomic E-state index is -2.70. The van der Waals surface area contributed by atoms with Crippen LogP contribution >= 0.6 is 11.8 Å². The molecule has 0 N–H and O–H groups in total. The second-order valence-electron chi connectivity index (χ2n) is 4.60. The van der Waals surface area contributed by atoms with E-state index in [-0.39, 0.29) is 28.1 Å². The first kappa shape index (κ1) is 17.1. The number of carbonyl (C=O) groups is 2. The number of nitrogens with zero attached hydrogens (tertiary/aromatic N) is 1. The molecular weight excluding hydrogens is 324 g/mol. The second-order valence-corrected chi connectivity index (χ2v) is 5.58. The Morgan fingerprint density at radius 2 is 1.91 bits per heavy atom. The van der Waals surface area contributed by atoms with Gasteiger partial charge in [0.25, 0.3) is 5.76 Å². The summed E-state index contributed by atoms with van der Waals surface area (Å²) in [5.41, 5.74) is 1.33. The molecule has 0 aliphatic carbocycles. The number of ether oxygens (including phenoxy) is 1. The number of ketones is 1. The number of aryl methyl sites for hydroxylation is 1. The number of hydrogen-bond donors (Lipinski definition) is 0. The molecule has 0 fully saturated rings. The number of rotatable bonds is 6. The van der Waals surface area contributed by atoms with E-state index >= 15 is 0 Å². The third-order valence-electron chi connectivity index (χ3n) is 2.90. The van der Waals surface area contributed by atoms with Crippen molar-refractivity contribution in [1.82, 2.24) is 4.98 Å². The third-order valence-corrected chi connectivity index (χ3v) is 3.63. The quantitative estimate of drug-likeness (QED) is 0.456. The highest BCUT2D eigenvalue weighted by molar-refractivity contribution is 7.99. The van der Waals surface area contributed by atoms with Crippen molar-refractivity contribution in [1.29, 1.82) is 0 Å². The van der Waals surface area contributed by atoms with E-state index in [1.165, 1.54) is 18.3 Å². The summed E-state index contributed by atoms with van der Waals surface area (Å²) in [6, 6.07) is 9.58. The standard InChI is InChI=1S/C16H13F2NO3S/c1-10-4-6-11(7-5-10)13(20)9-22-15(21)12-3-2-8-19-14(12)23-16(17)18/h2-8,16H,9H2,1H3. The number of alkyl halides is 2. The number of thioether (sulfide) groups is 1. The molecule has 0 saturated heterocycles. The van der Waals surface area contributed by atoms with Gasteiger partial charge in [-0.15, -0.1) is 0 Å². The van der Waals surface area contributed by atoms with Crippen LogP contribution in [0.3, 0.4) is 0 Å². The lowest BCUT2D eigenvalue weighted by Gasteiger charge is -2.08. The lowest BCUT2D eigenvalue weighted by atomic mass is 10.1. The fourth-order valence-corrected chi connectivity index (χ4v) is 2.32. The van der Waals surface area contributed by atoms with E-state index in [0.29, 0.717) is 5.56 Å². The Bertz CT molecular complexity index is 705. The predicted molar refractivity (Wildman–Crippen MR) is 81.9 cm³/mol. The summed E-state index contributed by atoms with van der Waals surface area (Å²) in [4.78, 5) is 27.6. The molecule has 120 valence electrons. The van der Waals surface area contributed by atoms with E-state index in [1.54, 1.807) is 24.3 Å². The number of esters is 1. The predicted octanol–water partition coefficient (Wildman–Crippen LogP) is 3.74. The summed E-state index contributed by atoms with van der Waals surface area (Å²) < 4.78 is 29.8. The summed E-state index contributed by atoms with van der Waals surface area (Å²) in [5, 5.41) is -0.129. The summed E-state index contributed by atoms with van der Waals surface area (Å²) in [5.74, 6) is -3.93. The molecule has 23 heavy (non-hydrogen) atoms. The first-order valence-electron chi connectivity index (χ1n) is 6.64. The van der Waals surface area contributed by atoms with Gasteiger partial charge in [0.15, 0.2) is 12.4 Å². The molecule has 0 radical (unpaired) electrons. The Morgan fingerprint density at radius 1 is 1.22 bits per heavy atom. The van der Waals surface area contributed by atoms with Crippen molar-refractivity contribution in [2.45, 2.75) is 17.7 Å². The highest BCUT2D eigenvalue weighted by Crippen LogP contribution is 2.26. The van der Waals surface area contributed by atoms with Crippen molar-refractivity contribution in [3.63, 3.8) is 0 Å². The summed E-state index contributed by atoms with van der Waals surface area (Å²) in [7, 11) is 0. The van der Waals surface area contributed by atoms with Gasteiger partial charge in [-0.3, -0.25) is 4.79 Å². The minimum Gasteiger partial charge on any atom is -0.454 e. The van der Waals surface area contributed by atoms with Crippen molar-refractivity contribution >= 4 is 23.5 Å². The molecule has 0 amide bonds. The molecule has 0 spiro atoms. The molecule has 1 aromatic heterocycles. The van der Waals surface area contributed by atoms with Crippen LogP contribution < -0.4 is 0 Å². The van der Waals surface area contributed by atoms with Crippen molar-refractivity contribution < 1.29 is 23.1 Å². The second kappa shape index (κ2) is 7.82. The van der Waals surface area contributed by atoms with Gasteiger partial charge in [0.1, 0.15) is 5.03 Å². The number of carbonyl (C=O) groups excluding carboxylic acids is 2. The first-order valence-corrected chi connectivity index (χ1v) is 7.52. The topological polar surface area (TPSA) is 56.3 Å². The molecular formula is C16H13F2NO3S. The Morgan fingerprint density at radius 3 is 2.57 bits per heavy atom. The lowest BCUT2D eigenvalue weighted by Crippen LogP contribution is -2.15. The molecule has 0 aliphatic rings. The van der Waals surface area contributed by atoms with Gasteiger partial charge in [-0.05, 0) is 30.8 Å². The highest BCUT2D eigenvalue weighted by atomic mass is 32.2. The van der Waals surface area contributed by atoms with Crippen LogP contribution in [-0.4, -0.2) is 29.1 Å². The zero-order valence-electron chi connectivity index (χ0n) is 12.2. The molecule has 2 rings (SSSR count). The van der Waals surface area contributed by atoms with Gasteiger partial charge in [-0.2, -0.15) is 8.78 Å². The summed E-state index contributed by atoms with van der Waals surface area (Å²) in [6.07, 6.45) is 1.30. The molecule has 0 aliphatic heterocycles. The van der Waals surface area contributed by atoms with Gasteiger partial charge < -0.3 is 4.74 Å². The number of pyridine rings is 1. The van der Waals surface area contributed by atoms with E-state index in [4.69, 9.17) is 4.74 Å². The third kappa shape index (κ3) is 4.85. The van der Waals surface area contributed by atoms with Crippen molar-refractivity contribution in [2.75, 3.05) is 6.61 Å². The van der Waals surface area contributed by atoms with E-state index in [9.17, 15) is 18.4 Å². The number of benzene rings is 1. The van der Waals surface area contributed by atoms with Crippen LogP contribution in [0.25, 0.3) is 0 Å². The van der Waals surface area contributed by atoms with Gasteiger partial charge >= 0.3 is 5.97 Å². The molecule has 0 bridgehead atoms. The molecule has 2 aromatic rings. The van der Waals surface area contributed by atoms with Crippen LogP contribution in [0.15, 0.2) is 47.6 Å². The number of aromatic nitrogens is 1. The molecule has 7 heteroatoms. The first-order chi connectivity index (χ1) is 11.0. The Balaban J connectivity index is 2.02. The van der Waals surface area contributed by atoms with E-state index in [0.717, 1.165) is 5.56 Å². The van der Waals surface area contributed by atoms with Crippen molar-refractivity contribution in [3.05, 3.63) is 59.3 Å². The van der Waals surface area contributed by atoms with Crippen LogP contribution in [0, 0.1) is 6.92 Å². The highest BCUT2D eigenvalue weighted by Gasteiger charge is 2.19. The SMILES string of the molecule is Cc1ccc(C(=O)COC(=O)c2cccnc2SC(F)F)cc1. The van der Waals surface area contributed by atoms with Crippen molar-refractivity contribution in [2.24, 2.45) is 0 Å². The zero-order valence-corrected chi connectivity index (χ0v) is 13.0. The average Bonchev–Trinajstić information content (AvgIpc) is 2.53. The molecule has 0 atom stereocenters. The van der Waals surface area contributed by atoms with Crippen LogP contribution in [0.4, 0.5) is 8.78 Å². The van der Waals surface area contributed by atoms with Crippen LogP contribution in [-0.2, 0) is 4.74 Å². The fraction of sp³-hybridized carbons (Fsp3) is 0.188. The van der Waals surface area contributed by atoms with Gasteiger partial charge in [0, 0.05) is 11.8 Å². The van der Waals surface area contributed by atoms with E-state index in [1.807, 2.05) is 6.92 Å². The molecule has 0 saturated carbocycles. The Kier molecular flexibility index (Phi) is 5.81. The summed E-state index contributed by atoms with van der Waals surface area (Å²) in [6.45, 7) is 1.43. The minimum absolute atomic E-state index is 0.0884. The van der Waals surface area contributed by atoms with Gasteiger partial charge in [0.05, 0.1) is 5.56 Å². The van der Waals surface area contributed by atoms with Crippen LogP contribution in [0.5, 0.6) is 0 Å². The van der Waals surface area contributed by atoms with Crippen LogP contribution in [0.1, 0.15) is 26.3 Å². The van der Waals surface area contributed by atoms with Gasteiger partial charge in [-0.1, -0.05) is 29.8 Å². The Hall–Kier alpha value is -2.28. The van der Waals surface area contributed by atoms with Crippen molar-refractivity contribution in [3.8, 4) is 0 Å². The zero-order chi connectivity index (χ0) is 16.8. The maximum Gasteiger partial charge on any atom is 0.341 e.